The molecule has 1 nitrogen and oxygen atoms in total. The monoisotopic (exact) mass is 256 g/mol. The lowest BCUT2D eigenvalue weighted by atomic mass is 10.0. The summed E-state index contributed by atoms with van der Waals surface area (Å²) in [4.78, 5) is 0. The molecule has 0 saturated carbocycles. The van der Waals surface area contributed by atoms with Crippen molar-refractivity contribution in [3.8, 4) is 16.9 Å². The molecular weight excluding hydrogens is 250 g/mol. The second-order valence-electron chi connectivity index (χ2n) is 3.29. The van der Waals surface area contributed by atoms with Crippen molar-refractivity contribution in [2.24, 2.45) is 0 Å². The second-order valence-corrected chi connectivity index (χ2v) is 4.16. The van der Waals surface area contributed by atoms with Gasteiger partial charge < -0.3 is 5.11 Å². The Bertz CT molecular complexity index is 500. The van der Waals surface area contributed by atoms with Crippen LogP contribution < -0.4 is 0 Å². The van der Waals surface area contributed by atoms with Crippen molar-refractivity contribution in [1.82, 2.24) is 0 Å². The zero-order valence-electron chi connectivity index (χ0n) is 8.05. The third kappa shape index (κ3) is 2.13. The van der Waals surface area contributed by atoms with Gasteiger partial charge >= 0.3 is 0 Å². The highest BCUT2D eigenvalue weighted by Gasteiger charge is 2.11. The number of rotatable bonds is 1. The summed E-state index contributed by atoms with van der Waals surface area (Å²) in [6, 6.07) is 8.75. The van der Waals surface area contributed by atoms with Gasteiger partial charge in [0.05, 0.1) is 5.56 Å². The standard InChI is InChI=1S/C12H7Cl2FO/c13-8-4-7(5-9(14)6-8)12-10(15)2-1-3-11(12)16/h1-6,16H. The average molecular weight is 257 g/mol. The van der Waals surface area contributed by atoms with Crippen molar-refractivity contribution >= 4 is 23.2 Å². The number of phenolic OH excluding ortho intramolecular Hbond substituents is 1. The molecule has 0 amide bonds. The highest BCUT2D eigenvalue weighted by molar-refractivity contribution is 6.35. The van der Waals surface area contributed by atoms with E-state index in [1.165, 1.54) is 18.2 Å². The number of aromatic hydroxyl groups is 1. The fourth-order valence-corrected chi connectivity index (χ4v) is 2.02. The van der Waals surface area contributed by atoms with E-state index in [4.69, 9.17) is 23.2 Å². The maximum absolute atomic E-state index is 13.6. The van der Waals surface area contributed by atoms with E-state index in [1.54, 1.807) is 18.2 Å². The van der Waals surface area contributed by atoms with E-state index in [0.29, 0.717) is 15.6 Å². The summed E-state index contributed by atoms with van der Waals surface area (Å²) in [6.45, 7) is 0. The molecule has 0 heterocycles. The minimum Gasteiger partial charge on any atom is -0.507 e. The number of hydrogen-bond acceptors (Lipinski definition) is 1. The topological polar surface area (TPSA) is 20.2 Å². The molecule has 0 aliphatic heterocycles. The molecular formula is C12H7Cl2FO. The Morgan fingerprint density at radius 3 is 2.19 bits per heavy atom. The van der Waals surface area contributed by atoms with Crippen LogP contribution in [0, 0.1) is 5.82 Å². The van der Waals surface area contributed by atoms with Crippen LogP contribution in [0.4, 0.5) is 4.39 Å². The van der Waals surface area contributed by atoms with Crippen LogP contribution in [-0.4, -0.2) is 5.11 Å². The summed E-state index contributed by atoms with van der Waals surface area (Å²) in [5, 5.41) is 10.4. The minimum absolute atomic E-state index is 0.104. The van der Waals surface area contributed by atoms with Gasteiger partial charge in [0.2, 0.25) is 0 Å². The average Bonchev–Trinajstić information content (AvgIpc) is 2.15. The minimum atomic E-state index is -0.515. The predicted octanol–water partition coefficient (Wildman–Crippen LogP) is 4.51. The van der Waals surface area contributed by atoms with Crippen LogP contribution in [0.3, 0.4) is 0 Å². The van der Waals surface area contributed by atoms with Gasteiger partial charge in [0.15, 0.2) is 0 Å². The molecule has 0 aromatic heterocycles. The molecule has 0 saturated heterocycles. The normalized spacial score (nSPS) is 10.4. The summed E-state index contributed by atoms with van der Waals surface area (Å²) in [7, 11) is 0. The molecule has 0 atom stereocenters. The van der Waals surface area contributed by atoms with Crippen molar-refractivity contribution in [3.63, 3.8) is 0 Å². The van der Waals surface area contributed by atoms with Gasteiger partial charge in [0.25, 0.3) is 0 Å². The maximum Gasteiger partial charge on any atom is 0.134 e. The zero-order chi connectivity index (χ0) is 11.7. The molecule has 0 unspecified atom stereocenters. The van der Waals surface area contributed by atoms with E-state index in [2.05, 4.69) is 0 Å². The Morgan fingerprint density at radius 1 is 1.00 bits per heavy atom. The highest BCUT2D eigenvalue weighted by Crippen LogP contribution is 2.34. The summed E-state index contributed by atoms with van der Waals surface area (Å²) in [5.74, 6) is -0.656. The Balaban J connectivity index is 2.67. The van der Waals surface area contributed by atoms with Crippen molar-refractivity contribution < 1.29 is 9.50 Å². The summed E-state index contributed by atoms with van der Waals surface area (Å²) in [5.41, 5.74) is 0.556. The Hall–Kier alpha value is -1.25. The smallest absolute Gasteiger partial charge is 0.134 e. The fourth-order valence-electron chi connectivity index (χ4n) is 1.50. The van der Waals surface area contributed by atoms with Crippen LogP contribution in [0.1, 0.15) is 0 Å². The molecule has 0 aliphatic carbocycles. The number of halogens is 3. The quantitative estimate of drug-likeness (QED) is 0.797. The molecule has 0 fully saturated rings. The molecule has 82 valence electrons. The van der Waals surface area contributed by atoms with Crippen molar-refractivity contribution in [2.75, 3.05) is 0 Å². The molecule has 1 N–H and O–H groups in total. The molecule has 0 radical (unpaired) electrons. The van der Waals surface area contributed by atoms with Gasteiger partial charge in [-0.3, -0.25) is 0 Å². The fraction of sp³-hybridized carbons (Fsp3) is 0. The van der Waals surface area contributed by atoms with Crippen LogP contribution in [0.15, 0.2) is 36.4 Å². The van der Waals surface area contributed by atoms with Crippen LogP contribution >= 0.6 is 23.2 Å². The summed E-state index contributed by atoms with van der Waals surface area (Å²) >= 11 is 11.6. The molecule has 2 aromatic rings. The van der Waals surface area contributed by atoms with E-state index in [9.17, 15) is 9.50 Å². The first kappa shape index (κ1) is 11.2. The van der Waals surface area contributed by atoms with E-state index < -0.39 is 5.82 Å². The van der Waals surface area contributed by atoms with Crippen molar-refractivity contribution in [1.29, 1.82) is 0 Å². The van der Waals surface area contributed by atoms with Gasteiger partial charge in [-0.15, -0.1) is 0 Å². The third-order valence-electron chi connectivity index (χ3n) is 2.14. The first-order valence-corrected chi connectivity index (χ1v) is 5.27. The van der Waals surface area contributed by atoms with Gasteiger partial charge in [-0.25, -0.2) is 4.39 Å². The lowest BCUT2D eigenvalue weighted by Crippen LogP contribution is -1.85. The highest BCUT2D eigenvalue weighted by atomic mass is 35.5. The molecule has 0 aliphatic rings. The van der Waals surface area contributed by atoms with Crippen LogP contribution in [0.2, 0.25) is 10.0 Å². The van der Waals surface area contributed by atoms with Crippen LogP contribution in [0.25, 0.3) is 11.1 Å². The first-order valence-electron chi connectivity index (χ1n) is 4.52. The zero-order valence-corrected chi connectivity index (χ0v) is 9.56. The van der Waals surface area contributed by atoms with Gasteiger partial charge in [-0.05, 0) is 35.9 Å². The van der Waals surface area contributed by atoms with E-state index >= 15 is 0 Å². The number of benzene rings is 2. The van der Waals surface area contributed by atoms with Crippen LogP contribution in [0.5, 0.6) is 5.75 Å². The molecule has 2 rings (SSSR count). The van der Waals surface area contributed by atoms with E-state index in [1.807, 2.05) is 0 Å². The molecule has 0 bridgehead atoms. The molecule has 0 spiro atoms. The summed E-state index contributed by atoms with van der Waals surface area (Å²) < 4.78 is 13.6. The molecule has 2 aromatic carbocycles. The molecule has 16 heavy (non-hydrogen) atoms. The van der Waals surface area contributed by atoms with Crippen molar-refractivity contribution in [3.05, 3.63) is 52.3 Å². The Kier molecular flexibility index (Phi) is 3.03. The first-order chi connectivity index (χ1) is 7.58. The van der Waals surface area contributed by atoms with Gasteiger partial charge in [0, 0.05) is 10.0 Å². The largest absolute Gasteiger partial charge is 0.507 e. The van der Waals surface area contributed by atoms with Gasteiger partial charge in [-0.1, -0.05) is 29.3 Å². The van der Waals surface area contributed by atoms with E-state index in [-0.39, 0.29) is 11.3 Å². The summed E-state index contributed by atoms with van der Waals surface area (Å²) in [6.07, 6.45) is 0. The van der Waals surface area contributed by atoms with Gasteiger partial charge in [-0.2, -0.15) is 0 Å². The molecule has 4 heteroatoms. The third-order valence-corrected chi connectivity index (χ3v) is 2.58. The SMILES string of the molecule is Oc1cccc(F)c1-c1cc(Cl)cc(Cl)c1. The predicted molar refractivity (Wildman–Crippen MR) is 63.5 cm³/mol. The Labute approximate surface area is 102 Å². The van der Waals surface area contributed by atoms with Crippen molar-refractivity contribution in [2.45, 2.75) is 0 Å². The maximum atomic E-state index is 13.6. The van der Waals surface area contributed by atoms with E-state index in [0.717, 1.165) is 0 Å². The van der Waals surface area contributed by atoms with Crippen LogP contribution in [-0.2, 0) is 0 Å². The lowest BCUT2D eigenvalue weighted by Gasteiger charge is -2.07. The number of hydrogen-bond donors (Lipinski definition) is 1. The number of phenols is 1. The second kappa shape index (κ2) is 4.32. The Morgan fingerprint density at radius 2 is 1.62 bits per heavy atom. The lowest BCUT2D eigenvalue weighted by molar-refractivity contribution is 0.472. The van der Waals surface area contributed by atoms with Gasteiger partial charge in [0.1, 0.15) is 11.6 Å².